The number of hydrogen-bond acceptors (Lipinski definition) is 5. The van der Waals surface area contributed by atoms with Gasteiger partial charge in [0.15, 0.2) is 0 Å². The van der Waals surface area contributed by atoms with Gasteiger partial charge in [-0.3, -0.25) is 4.79 Å². The third-order valence-electron chi connectivity index (χ3n) is 4.48. The maximum Gasteiger partial charge on any atom is 0.303 e. The smallest absolute Gasteiger partial charge is 0.303 e. The molecule has 0 bridgehead atoms. The zero-order chi connectivity index (χ0) is 14.0. The summed E-state index contributed by atoms with van der Waals surface area (Å²) >= 11 is 1.92. The molecule has 2 aliphatic rings. The maximum absolute atomic E-state index is 11.1. The highest BCUT2D eigenvalue weighted by molar-refractivity contribution is 7.99. The molecule has 0 radical (unpaired) electrons. The molecular weight excluding hydrogens is 276 g/mol. The van der Waals surface area contributed by atoms with Gasteiger partial charge in [0.05, 0.1) is 6.42 Å². The van der Waals surface area contributed by atoms with Gasteiger partial charge in [-0.15, -0.1) is 10.2 Å². The first-order valence-electron chi connectivity index (χ1n) is 7.29. The first kappa shape index (κ1) is 13.9. The number of aliphatic carboxylic acids is 1. The molecule has 2 fully saturated rings. The van der Waals surface area contributed by atoms with Crippen molar-refractivity contribution in [2.24, 2.45) is 5.41 Å². The number of nitrogens with zero attached hydrogens (tertiary/aromatic N) is 2. The minimum atomic E-state index is -0.723. The van der Waals surface area contributed by atoms with Crippen molar-refractivity contribution in [1.82, 2.24) is 10.2 Å². The summed E-state index contributed by atoms with van der Waals surface area (Å²) in [5, 5.41) is 17.5. The molecule has 20 heavy (non-hydrogen) atoms. The summed E-state index contributed by atoms with van der Waals surface area (Å²) in [6.45, 7) is 0. The van der Waals surface area contributed by atoms with Gasteiger partial charge in [-0.25, -0.2) is 0 Å². The SMILES string of the molecule is O=C(O)CC1(Cc2nnc(C3CCSC3)o2)CCCC1. The summed E-state index contributed by atoms with van der Waals surface area (Å²) in [6, 6.07) is 0. The fraction of sp³-hybridized carbons (Fsp3) is 0.786. The number of aromatic nitrogens is 2. The number of thioether (sulfide) groups is 1. The van der Waals surface area contributed by atoms with Gasteiger partial charge in [-0.05, 0) is 30.4 Å². The van der Waals surface area contributed by atoms with Gasteiger partial charge in [0.1, 0.15) is 0 Å². The Morgan fingerprint density at radius 3 is 2.85 bits per heavy atom. The summed E-state index contributed by atoms with van der Waals surface area (Å²) in [7, 11) is 0. The topological polar surface area (TPSA) is 76.2 Å². The molecule has 0 amide bonds. The van der Waals surface area contributed by atoms with E-state index in [-0.39, 0.29) is 11.8 Å². The third-order valence-corrected chi connectivity index (χ3v) is 5.64. The predicted molar refractivity (Wildman–Crippen MR) is 75.8 cm³/mol. The lowest BCUT2D eigenvalue weighted by Crippen LogP contribution is -2.24. The normalized spacial score (nSPS) is 25.1. The summed E-state index contributed by atoms with van der Waals surface area (Å²) in [5.41, 5.74) is -0.167. The third kappa shape index (κ3) is 3.00. The summed E-state index contributed by atoms with van der Waals surface area (Å²) in [5.74, 6) is 3.25. The average Bonchev–Trinajstić information content (AvgIpc) is 3.08. The molecular formula is C14H20N2O3S. The molecule has 6 heteroatoms. The standard InChI is InChI=1S/C14H20N2O3S/c17-12(18)8-14(4-1-2-5-14)7-11-15-16-13(19-11)10-3-6-20-9-10/h10H,1-9H2,(H,17,18). The van der Waals surface area contributed by atoms with Crippen molar-refractivity contribution in [2.45, 2.75) is 50.9 Å². The molecule has 1 aliphatic carbocycles. The zero-order valence-electron chi connectivity index (χ0n) is 11.5. The van der Waals surface area contributed by atoms with Gasteiger partial charge in [0, 0.05) is 18.1 Å². The lowest BCUT2D eigenvalue weighted by atomic mass is 9.79. The zero-order valence-corrected chi connectivity index (χ0v) is 12.3. The van der Waals surface area contributed by atoms with E-state index in [4.69, 9.17) is 9.52 Å². The van der Waals surface area contributed by atoms with Crippen LogP contribution in [-0.2, 0) is 11.2 Å². The van der Waals surface area contributed by atoms with Crippen molar-refractivity contribution in [3.63, 3.8) is 0 Å². The summed E-state index contributed by atoms with van der Waals surface area (Å²) in [4.78, 5) is 11.1. The van der Waals surface area contributed by atoms with E-state index in [2.05, 4.69) is 10.2 Å². The van der Waals surface area contributed by atoms with E-state index in [1.807, 2.05) is 11.8 Å². The Labute approximate surface area is 122 Å². The van der Waals surface area contributed by atoms with Crippen LogP contribution >= 0.6 is 11.8 Å². The maximum atomic E-state index is 11.1. The Morgan fingerprint density at radius 2 is 2.20 bits per heavy atom. The monoisotopic (exact) mass is 296 g/mol. The quantitative estimate of drug-likeness (QED) is 0.900. The van der Waals surface area contributed by atoms with Crippen molar-refractivity contribution < 1.29 is 14.3 Å². The molecule has 1 atom stereocenters. The summed E-state index contributed by atoms with van der Waals surface area (Å²) in [6.07, 6.45) is 6.05. The van der Waals surface area contributed by atoms with Gasteiger partial charge < -0.3 is 9.52 Å². The van der Waals surface area contributed by atoms with Gasteiger partial charge in [0.2, 0.25) is 11.8 Å². The molecule has 1 unspecified atom stereocenters. The molecule has 0 aromatic carbocycles. The lowest BCUT2D eigenvalue weighted by molar-refractivity contribution is -0.139. The fourth-order valence-electron chi connectivity index (χ4n) is 3.41. The molecule has 1 N–H and O–H groups in total. The highest BCUT2D eigenvalue weighted by Gasteiger charge is 2.38. The van der Waals surface area contributed by atoms with Crippen molar-refractivity contribution in [1.29, 1.82) is 0 Å². The van der Waals surface area contributed by atoms with E-state index in [0.29, 0.717) is 18.2 Å². The lowest BCUT2D eigenvalue weighted by Gasteiger charge is -2.24. The van der Waals surface area contributed by atoms with Crippen LogP contribution in [0.5, 0.6) is 0 Å². The Balaban J connectivity index is 1.70. The molecule has 5 nitrogen and oxygen atoms in total. The average molecular weight is 296 g/mol. The van der Waals surface area contributed by atoms with Gasteiger partial charge in [0.25, 0.3) is 0 Å². The van der Waals surface area contributed by atoms with Crippen LogP contribution in [0.15, 0.2) is 4.42 Å². The molecule has 0 spiro atoms. The highest BCUT2D eigenvalue weighted by Crippen LogP contribution is 2.44. The molecule has 1 aromatic heterocycles. The van der Waals surface area contributed by atoms with Crippen LogP contribution in [0, 0.1) is 5.41 Å². The number of rotatable bonds is 5. The van der Waals surface area contributed by atoms with E-state index < -0.39 is 5.97 Å². The molecule has 3 rings (SSSR count). The second-order valence-electron chi connectivity index (χ2n) is 6.05. The number of carboxylic acid groups (broad SMARTS) is 1. The first-order valence-corrected chi connectivity index (χ1v) is 8.44. The second-order valence-corrected chi connectivity index (χ2v) is 7.20. The van der Waals surface area contributed by atoms with Crippen molar-refractivity contribution in [3.05, 3.63) is 11.8 Å². The van der Waals surface area contributed by atoms with E-state index in [1.54, 1.807) is 0 Å². The number of carboxylic acids is 1. The van der Waals surface area contributed by atoms with Crippen LogP contribution in [0.25, 0.3) is 0 Å². The second kappa shape index (κ2) is 5.76. The molecule has 1 aromatic rings. The van der Waals surface area contributed by atoms with Crippen LogP contribution in [0.4, 0.5) is 0 Å². The van der Waals surface area contributed by atoms with Crippen LogP contribution in [0.3, 0.4) is 0 Å². The van der Waals surface area contributed by atoms with Gasteiger partial charge in [-0.1, -0.05) is 12.8 Å². The van der Waals surface area contributed by atoms with E-state index in [0.717, 1.165) is 49.5 Å². The minimum Gasteiger partial charge on any atom is -0.481 e. The molecule has 1 saturated heterocycles. The molecule has 1 saturated carbocycles. The Kier molecular flexibility index (Phi) is 4.01. The van der Waals surface area contributed by atoms with E-state index in [1.165, 1.54) is 0 Å². The fourth-order valence-corrected chi connectivity index (χ4v) is 4.63. The Morgan fingerprint density at radius 1 is 1.40 bits per heavy atom. The highest BCUT2D eigenvalue weighted by atomic mass is 32.2. The Hall–Kier alpha value is -1.04. The number of carbonyl (C=O) groups is 1. The minimum absolute atomic E-state index is 0.167. The Bertz CT molecular complexity index is 477. The first-order chi connectivity index (χ1) is 9.67. The summed E-state index contributed by atoms with van der Waals surface area (Å²) < 4.78 is 5.81. The molecule has 1 aliphatic heterocycles. The van der Waals surface area contributed by atoms with Gasteiger partial charge >= 0.3 is 5.97 Å². The van der Waals surface area contributed by atoms with Crippen molar-refractivity contribution in [2.75, 3.05) is 11.5 Å². The van der Waals surface area contributed by atoms with Crippen LogP contribution in [0.1, 0.15) is 56.2 Å². The molecule has 110 valence electrons. The van der Waals surface area contributed by atoms with Gasteiger partial charge in [-0.2, -0.15) is 11.8 Å². The van der Waals surface area contributed by atoms with Crippen LogP contribution < -0.4 is 0 Å². The van der Waals surface area contributed by atoms with Crippen LogP contribution in [0.2, 0.25) is 0 Å². The predicted octanol–water partition coefficient (Wildman–Crippen LogP) is 2.87. The van der Waals surface area contributed by atoms with Crippen LogP contribution in [-0.4, -0.2) is 32.8 Å². The molecule has 2 heterocycles. The van der Waals surface area contributed by atoms with E-state index >= 15 is 0 Å². The van der Waals surface area contributed by atoms with Crippen molar-refractivity contribution >= 4 is 17.7 Å². The number of hydrogen-bond donors (Lipinski definition) is 1. The van der Waals surface area contributed by atoms with Crippen molar-refractivity contribution in [3.8, 4) is 0 Å². The largest absolute Gasteiger partial charge is 0.481 e. The van der Waals surface area contributed by atoms with E-state index in [9.17, 15) is 4.79 Å².